The summed E-state index contributed by atoms with van der Waals surface area (Å²) in [6.45, 7) is 1.08. The molecule has 0 fully saturated rings. The first-order valence-electron chi connectivity index (χ1n) is 18.8. The van der Waals surface area contributed by atoms with Crippen LogP contribution in [-0.2, 0) is 0 Å². The van der Waals surface area contributed by atoms with Gasteiger partial charge in [0.2, 0.25) is 0 Å². The average molecular weight is 687 g/mol. The summed E-state index contributed by atoms with van der Waals surface area (Å²) in [5, 5.41) is 7.85. The third-order valence-electron chi connectivity index (χ3n) is 11.0. The average Bonchev–Trinajstić information content (AvgIpc) is 3.25. The fourth-order valence-corrected chi connectivity index (χ4v) is 8.29. The van der Waals surface area contributed by atoms with E-state index in [0.717, 1.165) is 0 Å². The third-order valence-corrected chi connectivity index (χ3v) is 11.0. The SMILES string of the molecule is C1=CB2C=Cc3c(ccc4ccccc34)N2C=C1.C1=CB2C=Cc3cc4ccccc4cc3N2C=C1.C1=CB2C=Cc3ccc4ccccc4c3N2C=C1. The molecule has 0 aliphatic carbocycles. The Morgan fingerprint density at radius 2 is 0.870 bits per heavy atom. The molecule has 252 valence electrons. The van der Waals surface area contributed by atoms with Crippen LogP contribution >= 0.6 is 0 Å². The van der Waals surface area contributed by atoms with Crippen LogP contribution in [0.1, 0.15) is 16.7 Å². The van der Waals surface area contributed by atoms with E-state index in [1.165, 1.54) is 66.1 Å². The monoisotopic (exact) mass is 687 g/mol. The smallest absolute Gasteiger partial charge is 0.312 e. The van der Waals surface area contributed by atoms with Gasteiger partial charge in [0.15, 0.2) is 0 Å². The molecule has 6 heteroatoms. The van der Waals surface area contributed by atoms with Crippen molar-refractivity contribution in [1.82, 2.24) is 0 Å². The van der Waals surface area contributed by atoms with Gasteiger partial charge in [0.1, 0.15) is 0 Å². The third kappa shape index (κ3) is 5.77. The number of nitrogens with zero attached hydrogens (tertiary/aromatic N) is 3. The highest BCUT2D eigenvalue weighted by Gasteiger charge is 2.27. The fraction of sp³-hybridized carbons (Fsp3) is 0. The van der Waals surface area contributed by atoms with Crippen LogP contribution in [0.25, 0.3) is 50.5 Å². The fourth-order valence-electron chi connectivity index (χ4n) is 8.29. The highest BCUT2D eigenvalue weighted by Crippen LogP contribution is 2.38. The minimum Gasteiger partial charge on any atom is -0.383 e. The second-order valence-corrected chi connectivity index (χ2v) is 14.2. The summed E-state index contributed by atoms with van der Waals surface area (Å²) in [4.78, 5) is 6.99. The number of hydrogen-bond acceptors (Lipinski definition) is 3. The van der Waals surface area contributed by atoms with Gasteiger partial charge in [-0.1, -0.05) is 163 Å². The lowest BCUT2D eigenvalue weighted by molar-refractivity contribution is 1.37. The molecular weight excluding hydrogens is 651 g/mol. The summed E-state index contributed by atoms with van der Waals surface area (Å²) in [6.07, 6.45) is 25.8. The summed E-state index contributed by atoms with van der Waals surface area (Å²) in [5.74, 6) is 13.4. The minimum absolute atomic E-state index is 0.355. The molecule has 12 rings (SSSR count). The maximum Gasteiger partial charge on any atom is 0.312 e. The highest BCUT2D eigenvalue weighted by molar-refractivity contribution is 6.76. The van der Waals surface area contributed by atoms with E-state index in [1.54, 1.807) is 0 Å². The van der Waals surface area contributed by atoms with Crippen molar-refractivity contribution in [3.63, 3.8) is 0 Å². The van der Waals surface area contributed by atoms with Crippen molar-refractivity contribution < 1.29 is 0 Å². The van der Waals surface area contributed by atoms with Gasteiger partial charge < -0.3 is 14.4 Å². The van der Waals surface area contributed by atoms with Crippen molar-refractivity contribution in [3.05, 3.63) is 217 Å². The van der Waals surface area contributed by atoms with E-state index >= 15 is 0 Å². The van der Waals surface area contributed by atoms with Crippen LogP contribution in [0.3, 0.4) is 0 Å². The molecule has 3 nitrogen and oxygen atoms in total. The predicted molar refractivity (Wildman–Crippen MR) is 238 cm³/mol. The Balaban J connectivity index is 0.000000100. The molecule has 0 aromatic heterocycles. The molecule has 0 atom stereocenters. The van der Waals surface area contributed by atoms with Crippen LogP contribution < -0.4 is 14.4 Å². The quantitative estimate of drug-likeness (QED) is 0.147. The Labute approximate surface area is 318 Å². The van der Waals surface area contributed by atoms with E-state index in [2.05, 4.69) is 233 Å². The Kier molecular flexibility index (Phi) is 8.14. The topological polar surface area (TPSA) is 9.72 Å². The molecule has 54 heavy (non-hydrogen) atoms. The molecule has 6 aliphatic rings. The first-order chi connectivity index (χ1) is 26.8. The van der Waals surface area contributed by atoms with Gasteiger partial charge in [0.25, 0.3) is 0 Å². The predicted octanol–water partition coefficient (Wildman–Crippen LogP) is 11.5. The van der Waals surface area contributed by atoms with Crippen molar-refractivity contribution in [3.8, 4) is 0 Å². The standard InChI is InChI=1S/3C16H12BN/c1-2-6-15-13(5-1)7-8-14-9-11-17-10-3-4-12-18(17)16(14)15;1-2-6-14-13(5-1)7-8-16-15(14)9-11-17-10-3-4-12-18(16)17;1-2-6-14-12-16-15(11-13(14)5-1)7-9-17-8-3-4-10-18(16)17/h3*1-12H. The van der Waals surface area contributed by atoms with Crippen LogP contribution in [0, 0.1) is 0 Å². The summed E-state index contributed by atoms with van der Waals surface area (Å²) >= 11 is 0. The van der Waals surface area contributed by atoms with E-state index in [1.807, 2.05) is 0 Å². The Morgan fingerprint density at radius 3 is 1.59 bits per heavy atom. The van der Waals surface area contributed by atoms with E-state index in [9.17, 15) is 0 Å². The maximum atomic E-state index is 2.34. The first kappa shape index (κ1) is 32.0. The molecule has 0 unspecified atom stereocenters. The second-order valence-electron chi connectivity index (χ2n) is 14.2. The van der Waals surface area contributed by atoms with Crippen molar-refractivity contribution in [2.45, 2.75) is 0 Å². The van der Waals surface area contributed by atoms with Gasteiger partial charge in [-0.2, -0.15) is 0 Å². The van der Waals surface area contributed by atoms with Gasteiger partial charge in [0.05, 0.1) is 0 Å². The normalized spacial score (nSPS) is 16.0. The lowest BCUT2D eigenvalue weighted by Crippen LogP contribution is -2.36. The molecule has 0 radical (unpaired) electrons. The van der Waals surface area contributed by atoms with Crippen LogP contribution in [0.5, 0.6) is 0 Å². The summed E-state index contributed by atoms with van der Waals surface area (Å²) in [6, 6.07) is 39.0. The molecule has 0 amide bonds. The van der Waals surface area contributed by atoms with Crippen LogP contribution in [0.2, 0.25) is 0 Å². The van der Waals surface area contributed by atoms with Gasteiger partial charge in [0, 0.05) is 28.0 Å². The minimum atomic E-state index is 0.355. The molecule has 0 saturated heterocycles. The zero-order valence-electron chi connectivity index (χ0n) is 29.9. The van der Waals surface area contributed by atoms with Gasteiger partial charge in [-0.15, -0.1) is 0 Å². The number of allylic oxidation sites excluding steroid dienone is 6. The zero-order chi connectivity index (χ0) is 35.8. The molecule has 6 heterocycles. The van der Waals surface area contributed by atoms with Crippen molar-refractivity contribution in [2.75, 3.05) is 14.4 Å². The molecule has 0 bridgehead atoms. The van der Waals surface area contributed by atoms with Gasteiger partial charge in [-0.3, -0.25) is 0 Å². The molecular formula is C48H36B3N3. The van der Waals surface area contributed by atoms with Crippen molar-refractivity contribution in [1.29, 1.82) is 0 Å². The van der Waals surface area contributed by atoms with Gasteiger partial charge in [-0.05, 0) is 93.1 Å². The largest absolute Gasteiger partial charge is 0.383 e. The highest BCUT2D eigenvalue weighted by atomic mass is 15.1. The van der Waals surface area contributed by atoms with E-state index < -0.39 is 0 Å². The second kappa shape index (κ2) is 13.7. The van der Waals surface area contributed by atoms with Crippen LogP contribution in [0.4, 0.5) is 17.1 Å². The number of hydrogen-bond donors (Lipinski definition) is 0. The molecule has 0 N–H and O–H groups in total. The number of fused-ring (bicyclic) bond motifs is 14. The lowest BCUT2D eigenvalue weighted by atomic mass is 9.57. The zero-order valence-corrected chi connectivity index (χ0v) is 29.9. The molecule has 6 aromatic carbocycles. The number of anilines is 3. The van der Waals surface area contributed by atoms with Crippen LogP contribution in [0.15, 0.2) is 200 Å². The number of benzene rings is 6. The molecule has 6 aliphatic heterocycles. The Bertz CT molecular complexity index is 2710. The van der Waals surface area contributed by atoms with Crippen molar-refractivity contribution in [2.24, 2.45) is 0 Å². The maximum absolute atomic E-state index is 2.34. The first-order valence-corrected chi connectivity index (χ1v) is 18.8. The van der Waals surface area contributed by atoms with E-state index in [0.29, 0.717) is 20.5 Å². The van der Waals surface area contributed by atoms with E-state index in [4.69, 9.17) is 0 Å². The molecule has 6 aromatic rings. The van der Waals surface area contributed by atoms with Crippen LogP contribution in [-0.4, -0.2) is 20.5 Å². The van der Waals surface area contributed by atoms with Crippen molar-refractivity contribution >= 4 is 88.2 Å². The lowest BCUT2D eigenvalue weighted by Gasteiger charge is -2.32. The molecule has 0 spiro atoms. The summed E-state index contributed by atoms with van der Waals surface area (Å²) < 4.78 is 0. The van der Waals surface area contributed by atoms with Gasteiger partial charge >= 0.3 is 20.5 Å². The Hall–Kier alpha value is -6.65. The summed E-state index contributed by atoms with van der Waals surface area (Å²) in [5.41, 5.74) is 7.82. The Morgan fingerprint density at radius 1 is 0.352 bits per heavy atom. The summed E-state index contributed by atoms with van der Waals surface area (Å²) in [7, 11) is 0. The van der Waals surface area contributed by atoms with Gasteiger partial charge in [-0.25, -0.2) is 0 Å². The van der Waals surface area contributed by atoms with E-state index in [-0.39, 0.29) is 0 Å². The molecule has 0 saturated carbocycles. The number of rotatable bonds is 0.